The highest BCUT2D eigenvalue weighted by atomic mass is 35.5. The number of nitrogens with zero attached hydrogens (tertiary/aromatic N) is 2. The first-order chi connectivity index (χ1) is 13.1. The number of hydrogen-bond acceptors (Lipinski definition) is 5. The van der Waals surface area contributed by atoms with Crippen LogP contribution in [0, 0.1) is 0 Å². The predicted octanol–water partition coefficient (Wildman–Crippen LogP) is 4.55. The van der Waals surface area contributed by atoms with Crippen molar-refractivity contribution in [2.75, 3.05) is 0 Å². The van der Waals surface area contributed by atoms with Crippen LogP contribution in [-0.4, -0.2) is 15.9 Å². The van der Waals surface area contributed by atoms with E-state index in [1.807, 2.05) is 41.8 Å². The van der Waals surface area contributed by atoms with Crippen LogP contribution in [0.15, 0.2) is 60.0 Å². The monoisotopic (exact) mass is 391 g/mol. The number of aromatic carboxylic acids is 1. The van der Waals surface area contributed by atoms with Gasteiger partial charge in [-0.1, -0.05) is 41.9 Å². The van der Waals surface area contributed by atoms with E-state index in [2.05, 4.69) is 9.97 Å². The van der Waals surface area contributed by atoms with Gasteiger partial charge in [0.1, 0.15) is 5.01 Å². The van der Waals surface area contributed by atoms with Gasteiger partial charge in [0.05, 0.1) is 22.9 Å². The molecule has 132 valence electrons. The largest absolute Gasteiger partial charge is 0.545 e. The first-order valence-corrected chi connectivity index (χ1v) is 9.36. The van der Waals surface area contributed by atoms with Gasteiger partial charge in [0.15, 0.2) is 0 Å². The highest BCUT2D eigenvalue weighted by Gasteiger charge is 2.06. The number of carboxylic acids is 1. The third-order valence-electron chi connectivity index (χ3n) is 3.99. The van der Waals surface area contributed by atoms with E-state index in [9.17, 15) is 9.90 Å². The van der Waals surface area contributed by atoms with Crippen molar-refractivity contribution in [3.63, 3.8) is 0 Å². The number of carboxylic acid groups (broad SMARTS) is 1. The molecule has 2 aromatic carbocycles. The summed E-state index contributed by atoms with van der Waals surface area (Å²) in [4.78, 5) is 20.5. The minimum atomic E-state index is -1.22. The SMILES string of the molecule is O=C([O-])c1cc(/C=C/c2csc(-c3ccc(Cl)cc3)n2)nc2ccccc12. The van der Waals surface area contributed by atoms with Crippen molar-refractivity contribution in [3.8, 4) is 10.6 Å². The summed E-state index contributed by atoms with van der Waals surface area (Å²) in [7, 11) is 0. The third-order valence-corrected chi connectivity index (χ3v) is 5.16. The molecule has 0 radical (unpaired) electrons. The second kappa shape index (κ2) is 7.31. The molecule has 0 aliphatic rings. The minimum Gasteiger partial charge on any atom is -0.545 e. The van der Waals surface area contributed by atoms with Crippen molar-refractivity contribution in [1.82, 2.24) is 9.97 Å². The molecule has 0 aliphatic carbocycles. The maximum absolute atomic E-state index is 11.4. The zero-order valence-electron chi connectivity index (χ0n) is 13.9. The van der Waals surface area contributed by atoms with Gasteiger partial charge in [-0.25, -0.2) is 9.97 Å². The average Bonchev–Trinajstić information content (AvgIpc) is 3.15. The van der Waals surface area contributed by atoms with E-state index in [1.54, 1.807) is 24.3 Å². The van der Waals surface area contributed by atoms with E-state index >= 15 is 0 Å². The van der Waals surface area contributed by atoms with E-state index in [0.717, 1.165) is 16.3 Å². The Morgan fingerprint density at radius 2 is 1.74 bits per heavy atom. The normalized spacial score (nSPS) is 11.3. The molecule has 0 N–H and O–H groups in total. The maximum Gasteiger partial charge on any atom is 0.124 e. The van der Waals surface area contributed by atoms with Gasteiger partial charge in [0.25, 0.3) is 0 Å². The fourth-order valence-corrected chi connectivity index (χ4v) is 3.63. The lowest BCUT2D eigenvalue weighted by atomic mass is 10.1. The van der Waals surface area contributed by atoms with Crippen LogP contribution in [0.4, 0.5) is 0 Å². The fraction of sp³-hybridized carbons (Fsp3) is 0. The van der Waals surface area contributed by atoms with Gasteiger partial charge in [0.2, 0.25) is 0 Å². The van der Waals surface area contributed by atoms with Crippen LogP contribution < -0.4 is 5.11 Å². The van der Waals surface area contributed by atoms with E-state index in [1.165, 1.54) is 17.4 Å². The van der Waals surface area contributed by atoms with Gasteiger partial charge in [-0.2, -0.15) is 0 Å². The van der Waals surface area contributed by atoms with Gasteiger partial charge < -0.3 is 9.90 Å². The summed E-state index contributed by atoms with van der Waals surface area (Å²) in [5, 5.41) is 15.5. The standard InChI is InChI=1S/C21H13ClN2O2S/c22-14-7-5-13(6-8-14)20-24-16(12-27-20)10-9-15-11-18(21(25)26)17-3-1-2-4-19(17)23-15/h1-12H,(H,25,26)/p-1/b10-9+. The molecule has 0 unspecified atom stereocenters. The lowest BCUT2D eigenvalue weighted by molar-refractivity contribution is -0.254. The number of thiazole rings is 1. The van der Waals surface area contributed by atoms with Crippen LogP contribution in [0.1, 0.15) is 21.7 Å². The van der Waals surface area contributed by atoms with Gasteiger partial charge >= 0.3 is 0 Å². The number of aromatic nitrogens is 2. The summed E-state index contributed by atoms with van der Waals surface area (Å²) in [6.07, 6.45) is 3.56. The quantitative estimate of drug-likeness (QED) is 0.512. The van der Waals surface area contributed by atoms with Crippen molar-refractivity contribution in [2.24, 2.45) is 0 Å². The minimum absolute atomic E-state index is 0.125. The highest BCUT2D eigenvalue weighted by molar-refractivity contribution is 7.13. The number of benzene rings is 2. The Morgan fingerprint density at radius 1 is 1.00 bits per heavy atom. The van der Waals surface area contributed by atoms with Gasteiger partial charge in [0, 0.05) is 26.9 Å². The first-order valence-electron chi connectivity index (χ1n) is 8.11. The molecule has 27 heavy (non-hydrogen) atoms. The van der Waals surface area contributed by atoms with Crippen molar-refractivity contribution in [1.29, 1.82) is 0 Å². The summed E-state index contributed by atoms with van der Waals surface area (Å²) >= 11 is 7.44. The molecule has 2 heterocycles. The second-order valence-electron chi connectivity index (χ2n) is 5.82. The van der Waals surface area contributed by atoms with E-state index in [-0.39, 0.29) is 5.56 Å². The molecule has 0 saturated heterocycles. The van der Waals surface area contributed by atoms with Crippen molar-refractivity contribution in [2.45, 2.75) is 0 Å². The number of pyridine rings is 1. The zero-order valence-corrected chi connectivity index (χ0v) is 15.5. The molecular formula is C21H12ClN2O2S-. The Labute approximate surface area is 164 Å². The van der Waals surface area contributed by atoms with Crippen LogP contribution in [0.3, 0.4) is 0 Å². The number of fused-ring (bicyclic) bond motifs is 1. The fourth-order valence-electron chi connectivity index (χ4n) is 2.71. The van der Waals surface area contributed by atoms with Crippen LogP contribution in [0.25, 0.3) is 33.6 Å². The van der Waals surface area contributed by atoms with Crippen molar-refractivity contribution in [3.05, 3.63) is 82.0 Å². The van der Waals surface area contributed by atoms with Crippen molar-refractivity contribution < 1.29 is 9.90 Å². The molecule has 4 rings (SSSR count). The molecule has 0 saturated carbocycles. The third kappa shape index (κ3) is 3.74. The van der Waals surface area contributed by atoms with Crippen LogP contribution in [0.5, 0.6) is 0 Å². The van der Waals surface area contributed by atoms with Gasteiger partial charge in [-0.05, 0) is 36.4 Å². The number of halogens is 1. The van der Waals surface area contributed by atoms with Crippen LogP contribution in [0.2, 0.25) is 5.02 Å². The predicted molar refractivity (Wildman–Crippen MR) is 108 cm³/mol. The zero-order chi connectivity index (χ0) is 18.8. The lowest BCUT2D eigenvalue weighted by Crippen LogP contribution is -2.22. The molecule has 0 bridgehead atoms. The van der Waals surface area contributed by atoms with Gasteiger partial charge in [-0.3, -0.25) is 0 Å². The van der Waals surface area contributed by atoms with E-state index < -0.39 is 5.97 Å². The molecule has 4 nitrogen and oxygen atoms in total. The van der Waals surface area contributed by atoms with Gasteiger partial charge in [-0.15, -0.1) is 11.3 Å². The number of hydrogen-bond donors (Lipinski definition) is 0. The summed E-state index contributed by atoms with van der Waals surface area (Å²) in [6.45, 7) is 0. The first kappa shape index (κ1) is 17.4. The molecule has 6 heteroatoms. The molecule has 2 aromatic heterocycles. The molecule has 0 fully saturated rings. The smallest absolute Gasteiger partial charge is 0.124 e. The topological polar surface area (TPSA) is 65.9 Å². The number of rotatable bonds is 4. The molecule has 0 spiro atoms. The second-order valence-corrected chi connectivity index (χ2v) is 7.11. The van der Waals surface area contributed by atoms with Crippen LogP contribution in [-0.2, 0) is 0 Å². The molecular weight excluding hydrogens is 380 g/mol. The van der Waals surface area contributed by atoms with Crippen LogP contribution >= 0.6 is 22.9 Å². The molecule has 0 amide bonds. The molecule has 4 aromatic rings. The van der Waals surface area contributed by atoms with E-state index in [0.29, 0.717) is 21.6 Å². The average molecular weight is 392 g/mol. The Morgan fingerprint density at radius 3 is 2.52 bits per heavy atom. The summed E-state index contributed by atoms with van der Waals surface area (Å²) in [5.41, 5.74) is 3.04. The molecule has 0 atom stereocenters. The lowest BCUT2D eigenvalue weighted by Gasteiger charge is -2.08. The summed E-state index contributed by atoms with van der Waals surface area (Å²) in [6, 6.07) is 16.1. The van der Waals surface area contributed by atoms with E-state index in [4.69, 9.17) is 11.6 Å². The Balaban J connectivity index is 1.65. The Hall–Kier alpha value is -3.02. The summed E-state index contributed by atoms with van der Waals surface area (Å²) < 4.78 is 0. The maximum atomic E-state index is 11.4. The number of para-hydroxylation sites is 1. The molecule has 0 aliphatic heterocycles. The Bertz CT molecular complexity index is 1170. The summed E-state index contributed by atoms with van der Waals surface area (Å²) in [5.74, 6) is -1.22. The van der Waals surface area contributed by atoms with Crippen molar-refractivity contribution >= 4 is 52.0 Å². The Kier molecular flexibility index (Phi) is 4.71. The highest BCUT2D eigenvalue weighted by Crippen LogP contribution is 2.26. The number of carbonyl (C=O) groups excluding carboxylic acids is 1. The number of carbonyl (C=O) groups is 1.